The van der Waals surface area contributed by atoms with Crippen LogP contribution >= 0.6 is 11.3 Å². The quantitative estimate of drug-likeness (QED) is 0.403. The van der Waals surface area contributed by atoms with Crippen LogP contribution in [0.3, 0.4) is 0 Å². The van der Waals surface area contributed by atoms with Gasteiger partial charge in [-0.05, 0) is 51.9 Å². The number of carbonyl (C=O) groups is 1. The van der Waals surface area contributed by atoms with Crippen LogP contribution in [0, 0.1) is 13.8 Å². The zero-order valence-corrected chi connectivity index (χ0v) is 23.4. The lowest BCUT2D eigenvalue weighted by Gasteiger charge is -2.12. The van der Waals surface area contributed by atoms with Crippen molar-refractivity contribution in [3.05, 3.63) is 58.3 Å². The van der Waals surface area contributed by atoms with Gasteiger partial charge in [-0.15, -0.1) is 17.9 Å². The normalized spacial score (nSPS) is 17.7. The number of nitrogens with one attached hydrogen (secondary N) is 2. The Morgan fingerprint density at radius 1 is 1.29 bits per heavy atom. The van der Waals surface area contributed by atoms with Crippen LogP contribution in [-0.4, -0.2) is 57.6 Å². The maximum atomic E-state index is 12.8. The molecule has 1 saturated heterocycles. The summed E-state index contributed by atoms with van der Waals surface area (Å²) < 4.78 is 12.8. The zero-order chi connectivity index (χ0) is 26.6. The van der Waals surface area contributed by atoms with Gasteiger partial charge in [0.15, 0.2) is 0 Å². The summed E-state index contributed by atoms with van der Waals surface area (Å²) in [4.78, 5) is 27.2. The van der Waals surface area contributed by atoms with Crippen LogP contribution in [0.25, 0.3) is 11.0 Å². The average Bonchev–Trinajstić information content (AvgIpc) is 3.53. The van der Waals surface area contributed by atoms with Crippen molar-refractivity contribution in [3.63, 3.8) is 0 Å². The molecule has 6 nitrogen and oxygen atoms in total. The number of alkyl halides is 1. The van der Waals surface area contributed by atoms with Crippen LogP contribution in [-0.2, 0) is 6.42 Å². The molecule has 2 atom stereocenters. The lowest BCUT2D eigenvalue weighted by molar-refractivity contribution is 0.0940. The third kappa shape index (κ3) is 9.90. The van der Waals surface area contributed by atoms with E-state index >= 15 is 0 Å². The molecule has 1 fully saturated rings. The number of likely N-dealkylation sites (tertiary alicyclic amines) is 1. The summed E-state index contributed by atoms with van der Waals surface area (Å²) >= 11 is 1.63. The Morgan fingerprint density at radius 3 is 2.46 bits per heavy atom. The fraction of sp³-hybridized carbons (Fsp3) is 0.519. The molecule has 0 aromatic carbocycles. The van der Waals surface area contributed by atoms with Crippen LogP contribution in [0.15, 0.2) is 37.2 Å². The molecule has 35 heavy (non-hydrogen) atoms. The topological polar surface area (TPSA) is 73.9 Å². The standard InChI is InChI=1S/C17H18N4OS.C6H12FN.2C2H6/c1-4-13(7-14-9-18-11(3)23-14)20-17(22)15-6-12-5-10(2)8-19-16(12)21-15;1-6(7)3-4-8(2)5-6;2*1-2/h4-6,8-9,13H,1,7H2,2-3H3,(H,19,21)(H,20,22);3-5H2,1-2H3;2*1-2H3. The molecule has 2 unspecified atom stereocenters. The molecule has 194 valence electrons. The molecule has 0 aliphatic carbocycles. The molecule has 0 bridgehead atoms. The van der Waals surface area contributed by atoms with Gasteiger partial charge in [-0.2, -0.15) is 0 Å². The van der Waals surface area contributed by atoms with E-state index in [9.17, 15) is 9.18 Å². The summed E-state index contributed by atoms with van der Waals surface area (Å²) in [5.41, 5.74) is 1.38. The maximum absolute atomic E-state index is 12.8. The number of halogens is 1. The van der Waals surface area contributed by atoms with Crippen LogP contribution in [0.2, 0.25) is 0 Å². The summed E-state index contributed by atoms with van der Waals surface area (Å²) in [5, 5.41) is 4.93. The Bertz CT molecular complexity index is 1060. The Morgan fingerprint density at radius 2 is 1.97 bits per heavy atom. The van der Waals surface area contributed by atoms with Gasteiger partial charge in [-0.1, -0.05) is 33.8 Å². The Kier molecular flexibility index (Phi) is 12.8. The van der Waals surface area contributed by atoms with Gasteiger partial charge in [0.1, 0.15) is 17.0 Å². The van der Waals surface area contributed by atoms with Crippen LogP contribution in [0.5, 0.6) is 0 Å². The first-order chi connectivity index (χ1) is 16.6. The van der Waals surface area contributed by atoms with Crippen LogP contribution in [0.1, 0.15) is 67.0 Å². The predicted molar refractivity (Wildman–Crippen MR) is 147 cm³/mol. The number of amides is 1. The van der Waals surface area contributed by atoms with Gasteiger partial charge in [0, 0.05) is 42.2 Å². The first-order valence-electron chi connectivity index (χ1n) is 12.3. The van der Waals surface area contributed by atoms with Crippen molar-refractivity contribution in [2.75, 3.05) is 20.1 Å². The third-order valence-electron chi connectivity index (χ3n) is 5.16. The van der Waals surface area contributed by atoms with Crippen molar-refractivity contribution in [2.24, 2.45) is 0 Å². The number of fused-ring (bicyclic) bond motifs is 1. The number of thiazole rings is 1. The molecule has 0 saturated carbocycles. The van der Waals surface area contributed by atoms with Crippen molar-refractivity contribution >= 4 is 28.3 Å². The minimum absolute atomic E-state index is 0.136. The van der Waals surface area contributed by atoms with Gasteiger partial charge in [-0.25, -0.2) is 14.4 Å². The van der Waals surface area contributed by atoms with Gasteiger partial charge in [0.2, 0.25) is 0 Å². The van der Waals surface area contributed by atoms with E-state index in [2.05, 4.69) is 26.8 Å². The molecular formula is C27H42FN5OS. The molecule has 8 heteroatoms. The fourth-order valence-electron chi connectivity index (χ4n) is 3.55. The lowest BCUT2D eigenvalue weighted by Crippen LogP contribution is -2.34. The molecule has 3 aromatic rings. The maximum Gasteiger partial charge on any atom is 0.268 e. The number of rotatable bonds is 5. The fourth-order valence-corrected chi connectivity index (χ4v) is 4.40. The molecule has 1 amide bonds. The summed E-state index contributed by atoms with van der Waals surface area (Å²) in [6.07, 6.45) is 6.76. The highest BCUT2D eigenvalue weighted by molar-refractivity contribution is 7.11. The van der Waals surface area contributed by atoms with E-state index < -0.39 is 5.67 Å². The third-order valence-corrected chi connectivity index (χ3v) is 6.09. The van der Waals surface area contributed by atoms with Gasteiger partial charge in [0.05, 0.1) is 11.0 Å². The second-order valence-electron chi connectivity index (χ2n) is 8.40. The first kappa shape index (κ1) is 30.5. The zero-order valence-electron chi connectivity index (χ0n) is 22.5. The summed E-state index contributed by atoms with van der Waals surface area (Å²) in [6, 6.07) is 3.69. The Hall–Kier alpha value is -2.58. The number of aromatic amines is 1. The Balaban J connectivity index is 0.000000427. The number of carbonyl (C=O) groups excluding carboxylic acids is 1. The van der Waals surface area contributed by atoms with E-state index in [4.69, 9.17) is 0 Å². The van der Waals surface area contributed by atoms with Crippen LogP contribution in [0.4, 0.5) is 4.39 Å². The molecule has 4 heterocycles. The average molecular weight is 504 g/mol. The van der Waals surface area contributed by atoms with E-state index in [1.165, 1.54) is 0 Å². The number of nitrogens with zero attached hydrogens (tertiary/aromatic N) is 3. The van der Waals surface area contributed by atoms with E-state index in [0.29, 0.717) is 30.7 Å². The van der Waals surface area contributed by atoms with Crippen LogP contribution < -0.4 is 5.32 Å². The molecule has 1 aliphatic rings. The molecule has 1 aliphatic heterocycles. The van der Waals surface area contributed by atoms with Crippen molar-refractivity contribution in [3.8, 4) is 0 Å². The van der Waals surface area contributed by atoms with E-state index in [1.54, 1.807) is 30.5 Å². The molecule has 4 rings (SSSR count). The molecule has 0 radical (unpaired) electrons. The molecular weight excluding hydrogens is 461 g/mol. The largest absolute Gasteiger partial charge is 0.344 e. The minimum atomic E-state index is -0.908. The number of hydrogen-bond acceptors (Lipinski definition) is 5. The molecule has 2 N–H and O–H groups in total. The summed E-state index contributed by atoms with van der Waals surface area (Å²) in [6.45, 7) is 18.9. The lowest BCUT2D eigenvalue weighted by atomic mass is 10.1. The SMILES string of the molecule is C=CC(Cc1cnc(C)s1)NC(=O)c1cc2cc(C)cnc2[nH]1.CC.CC.CN1CCC(C)(F)C1. The summed E-state index contributed by atoms with van der Waals surface area (Å²) in [7, 11) is 1.95. The number of H-pyrrole nitrogens is 1. The highest BCUT2D eigenvalue weighted by Crippen LogP contribution is 2.22. The minimum Gasteiger partial charge on any atom is -0.344 e. The van der Waals surface area contributed by atoms with Gasteiger partial charge >= 0.3 is 0 Å². The highest BCUT2D eigenvalue weighted by atomic mass is 32.1. The van der Waals surface area contributed by atoms with Gasteiger partial charge in [-0.3, -0.25) is 4.79 Å². The van der Waals surface area contributed by atoms with Crippen molar-refractivity contribution < 1.29 is 9.18 Å². The second kappa shape index (κ2) is 14.7. The second-order valence-corrected chi connectivity index (χ2v) is 9.72. The number of pyridine rings is 1. The van der Waals surface area contributed by atoms with Gasteiger partial charge < -0.3 is 15.2 Å². The number of aromatic nitrogens is 3. The Labute approximate surface area is 214 Å². The first-order valence-corrected chi connectivity index (χ1v) is 13.1. The summed E-state index contributed by atoms with van der Waals surface area (Å²) in [5.74, 6) is -0.160. The smallest absolute Gasteiger partial charge is 0.268 e. The molecule has 0 spiro atoms. The van der Waals surface area contributed by atoms with Gasteiger partial charge in [0.25, 0.3) is 5.91 Å². The van der Waals surface area contributed by atoms with E-state index in [1.807, 2.05) is 71.8 Å². The van der Waals surface area contributed by atoms with E-state index in [0.717, 1.165) is 27.4 Å². The van der Waals surface area contributed by atoms with E-state index in [-0.39, 0.29) is 11.9 Å². The van der Waals surface area contributed by atoms with Crippen molar-refractivity contribution in [1.29, 1.82) is 0 Å². The monoisotopic (exact) mass is 503 g/mol. The highest BCUT2D eigenvalue weighted by Gasteiger charge is 2.30. The van der Waals surface area contributed by atoms with Crippen molar-refractivity contribution in [1.82, 2.24) is 25.2 Å². The molecule has 3 aromatic heterocycles. The number of aryl methyl sites for hydroxylation is 2. The number of hydrogen-bond donors (Lipinski definition) is 2. The van der Waals surface area contributed by atoms with Crippen molar-refractivity contribution in [2.45, 2.75) is 73.0 Å². The predicted octanol–water partition coefficient (Wildman–Crippen LogP) is 6.27.